The fourth-order valence-electron chi connectivity index (χ4n) is 12.8. The summed E-state index contributed by atoms with van der Waals surface area (Å²) < 4.78 is 41.2. The number of aromatic nitrogens is 5. The maximum Gasteiger partial charge on any atom is 0.410 e. The van der Waals surface area contributed by atoms with Crippen LogP contribution in [0.5, 0.6) is 17.6 Å². The number of benzene rings is 3. The molecule has 20 nitrogen and oxygen atoms in total. The summed E-state index contributed by atoms with van der Waals surface area (Å²) in [5.41, 5.74) is 6.40. The van der Waals surface area contributed by atoms with Gasteiger partial charge in [0.25, 0.3) is 5.88 Å². The Morgan fingerprint density at radius 2 is 1.70 bits per heavy atom. The third-order valence-corrected chi connectivity index (χ3v) is 18.4. The Hall–Kier alpha value is -7.53. The number of hydrogen-bond donors (Lipinski definition) is 4. The van der Waals surface area contributed by atoms with Crippen molar-refractivity contribution in [3.63, 3.8) is 0 Å². The van der Waals surface area contributed by atoms with Crippen LogP contribution >= 0.6 is 11.3 Å². The van der Waals surface area contributed by atoms with E-state index in [-0.39, 0.29) is 110 Å². The second-order valence-electron chi connectivity index (χ2n) is 23.3. The van der Waals surface area contributed by atoms with Gasteiger partial charge in [0.1, 0.15) is 54.1 Å². The predicted molar refractivity (Wildman–Crippen MR) is 310 cm³/mol. The van der Waals surface area contributed by atoms with Crippen molar-refractivity contribution in [2.75, 3.05) is 57.9 Å². The van der Waals surface area contributed by atoms with Crippen LogP contribution in [-0.4, -0.2) is 163 Å². The van der Waals surface area contributed by atoms with E-state index in [1.54, 1.807) is 40.6 Å². The van der Waals surface area contributed by atoms with Gasteiger partial charge in [-0.3, -0.25) is 19.5 Å². The van der Waals surface area contributed by atoms with Crippen LogP contribution in [0.2, 0.25) is 0 Å². The SMILES string of the molecule is CCc1cccc2cc(O)cc(-c3ncc4c(N5CC6CCC(C5)N6)nc(OCC5CC[C@@H](COC(=O)N6CC(Oc7cc([C@@H](C(=O)N8C[C@H](O)C[C@H]8C(=O)N[C@@H](C)c8ccc(-c9scnc9C)cc8)C(C)C)on7)C6)N5C)nc4c3F)c12. The zero-order valence-electron chi connectivity index (χ0n) is 47.5. The molecule has 0 radical (unpaired) electrons. The highest BCUT2D eigenvalue weighted by Gasteiger charge is 2.44. The van der Waals surface area contributed by atoms with Gasteiger partial charge in [-0.15, -0.1) is 11.3 Å². The molecule has 5 aliphatic rings. The van der Waals surface area contributed by atoms with Gasteiger partial charge in [0.2, 0.25) is 11.8 Å². The first-order chi connectivity index (χ1) is 40.1. The highest BCUT2D eigenvalue weighted by Crippen LogP contribution is 2.40. The first-order valence-electron chi connectivity index (χ1n) is 28.9. The maximum atomic E-state index is 17.2. The summed E-state index contributed by atoms with van der Waals surface area (Å²) >= 11 is 1.57. The lowest BCUT2D eigenvalue weighted by Gasteiger charge is -2.37. The van der Waals surface area contributed by atoms with E-state index in [4.69, 9.17) is 33.7 Å². The monoisotopic (exact) mass is 1150 g/mol. The molecule has 8 atom stereocenters. The van der Waals surface area contributed by atoms with Crippen LogP contribution < -0.4 is 25.0 Å². The second-order valence-corrected chi connectivity index (χ2v) is 24.2. The molecule has 3 aromatic carbocycles. The number of hydrogen-bond acceptors (Lipinski definition) is 18. The quantitative estimate of drug-likeness (QED) is 0.0678. The number of halogens is 1. The van der Waals surface area contributed by atoms with Crippen molar-refractivity contribution in [1.29, 1.82) is 0 Å². The number of rotatable bonds is 17. The third-order valence-electron chi connectivity index (χ3n) is 17.4. The van der Waals surface area contributed by atoms with Crippen molar-refractivity contribution in [2.24, 2.45) is 5.92 Å². The molecule has 3 amide bonds. The molecule has 436 valence electrons. The number of aryl methyl sites for hydroxylation is 2. The Morgan fingerprint density at radius 1 is 0.940 bits per heavy atom. The first kappa shape index (κ1) is 56.0. The number of amides is 3. The van der Waals surface area contributed by atoms with Gasteiger partial charge in [0, 0.05) is 68.0 Å². The normalized spacial score (nSPS) is 22.6. The van der Waals surface area contributed by atoms with Crippen LogP contribution in [0.4, 0.5) is 15.0 Å². The Kier molecular flexibility index (Phi) is 15.7. The van der Waals surface area contributed by atoms with Crippen molar-refractivity contribution >= 4 is 56.7 Å². The number of aliphatic hydroxyl groups is 1. The fourth-order valence-corrected chi connectivity index (χ4v) is 13.6. The van der Waals surface area contributed by atoms with E-state index in [9.17, 15) is 24.6 Å². The molecule has 0 aliphatic carbocycles. The van der Waals surface area contributed by atoms with Gasteiger partial charge >= 0.3 is 12.1 Å². The van der Waals surface area contributed by atoms with E-state index >= 15 is 4.39 Å². The number of nitrogens with zero attached hydrogens (tertiary/aromatic N) is 9. The van der Waals surface area contributed by atoms with Crippen LogP contribution in [0.1, 0.15) is 94.3 Å². The molecule has 12 rings (SSSR count). The predicted octanol–water partition coefficient (Wildman–Crippen LogP) is 7.93. The average Bonchev–Trinajstić information content (AvgIpc) is 3.83. The van der Waals surface area contributed by atoms with Crippen LogP contribution in [0.15, 0.2) is 76.9 Å². The van der Waals surface area contributed by atoms with Gasteiger partial charge in [-0.1, -0.05) is 63.2 Å². The summed E-state index contributed by atoms with van der Waals surface area (Å²) in [4.78, 5) is 68.5. The van der Waals surface area contributed by atoms with E-state index in [0.717, 1.165) is 63.7 Å². The number of aromatic hydroxyl groups is 1. The Morgan fingerprint density at radius 3 is 2.42 bits per heavy atom. The van der Waals surface area contributed by atoms with Crippen molar-refractivity contribution in [2.45, 2.75) is 128 Å². The molecule has 3 unspecified atom stereocenters. The Bertz CT molecular complexity index is 3550. The zero-order chi connectivity index (χ0) is 57.8. The van der Waals surface area contributed by atoms with Gasteiger partial charge < -0.3 is 54.3 Å². The van der Waals surface area contributed by atoms with E-state index in [1.165, 1.54) is 4.90 Å². The molecular formula is C61H70FN11O9S. The fraction of sp³-hybridized carbons (Fsp3) is 0.475. The lowest BCUT2D eigenvalue weighted by Crippen LogP contribution is -2.56. The number of phenols is 1. The lowest BCUT2D eigenvalue weighted by atomic mass is 9.91. The number of fused-ring (bicyclic) bond motifs is 4. The summed E-state index contributed by atoms with van der Waals surface area (Å²) in [6.07, 6.45) is 4.33. The van der Waals surface area contributed by atoms with Gasteiger partial charge in [0.05, 0.1) is 46.7 Å². The minimum atomic E-state index is -0.885. The van der Waals surface area contributed by atoms with Crippen LogP contribution in [0, 0.1) is 18.7 Å². The molecule has 0 saturated carbocycles. The lowest BCUT2D eigenvalue weighted by molar-refractivity contribution is -0.141. The van der Waals surface area contributed by atoms with E-state index < -0.39 is 36.1 Å². The molecule has 4 aromatic heterocycles. The minimum absolute atomic E-state index is 0.000606. The minimum Gasteiger partial charge on any atom is -0.508 e. The number of pyridine rings is 1. The second kappa shape index (κ2) is 23.3. The molecular weight excluding hydrogens is 1080 g/mol. The third kappa shape index (κ3) is 11.2. The van der Waals surface area contributed by atoms with Gasteiger partial charge in [-0.05, 0) is 104 Å². The number of carbonyl (C=O) groups is 3. The Labute approximate surface area is 484 Å². The van der Waals surface area contributed by atoms with Crippen molar-refractivity contribution < 1.29 is 47.7 Å². The average molecular weight is 1150 g/mol. The number of phenolic OH excluding ortho intramolecular Hbond substituents is 1. The molecule has 83 heavy (non-hydrogen) atoms. The summed E-state index contributed by atoms with van der Waals surface area (Å²) in [7, 11) is 1.97. The van der Waals surface area contributed by atoms with Crippen LogP contribution in [0.3, 0.4) is 0 Å². The standard InChI is InChI=1S/C61H70FN11O9S/c1-7-35-9-8-10-38-19-43(74)20-46(52(35)38)54-53(62)55-47(23-63-54)57(71-24-39-15-16-40(25-71)66-39)68-60(67-55)79-29-41-17-18-42(70(41)6)30-80-61(78)72-27-45(28-72)81-50-22-49(82-69-50)51(32(2)3)59(77)73-26-44(75)21-48(73)58(76)65-33(4)36-11-13-37(14-12-36)56-34(5)64-31-83-56/h8-14,19-20,22-23,31-33,39-42,44-45,48,51,66,74-75H,7,15-18,21,24-30H2,1-6H3,(H,65,76)/t33-,39?,40?,41?,42-,44+,48-,51-/m0/s1. The van der Waals surface area contributed by atoms with Gasteiger partial charge in [-0.25, -0.2) is 14.2 Å². The van der Waals surface area contributed by atoms with Gasteiger partial charge in [0.15, 0.2) is 11.6 Å². The van der Waals surface area contributed by atoms with Crippen LogP contribution in [0.25, 0.3) is 43.4 Å². The van der Waals surface area contributed by atoms with Gasteiger partial charge in [-0.2, -0.15) is 9.97 Å². The summed E-state index contributed by atoms with van der Waals surface area (Å²) in [5.74, 6) is -1.38. The highest BCUT2D eigenvalue weighted by atomic mass is 32.1. The van der Waals surface area contributed by atoms with Crippen LogP contribution in [-0.2, 0) is 20.7 Å². The molecule has 5 fully saturated rings. The number of ether oxygens (including phenoxy) is 3. The summed E-state index contributed by atoms with van der Waals surface area (Å²) in [6, 6.07) is 17.9. The molecule has 5 aliphatic heterocycles. The number of β-amino-alcohol motifs (C(OH)–C–C–N with tert-alkyl or cyclic N) is 1. The van der Waals surface area contributed by atoms with Crippen molar-refractivity contribution in [1.82, 2.24) is 50.4 Å². The molecule has 7 aromatic rings. The molecule has 22 heteroatoms. The highest BCUT2D eigenvalue weighted by molar-refractivity contribution is 7.13. The number of carbonyl (C=O) groups excluding carboxylic acids is 3. The van der Waals surface area contributed by atoms with E-state index in [1.807, 2.05) is 89.6 Å². The Balaban J connectivity index is 0.641. The first-order valence-corrected chi connectivity index (χ1v) is 29.8. The smallest absolute Gasteiger partial charge is 0.410 e. The molecule has 4 N–H and O–H groups in total. The van der Waals surface area contributed by atoms with E-state index in [2.05, 4.69) is 30.6 Å². The molecule has 2 bridgehead atoms. The topological polar surface area (TPSA) is 234 Å². The number of likely N-dealkylation sites (N-methyl/N-ethyl adjacent to an activating group) is 1. The maximum absolute atomic E-state index is 17.2. The largest absolute Gasteiger partial charge is 0.508 e. The van der Waals surface area contributed by atoms with E-state index in [0.29, 0.717) is 48.4 Å². The zero-order valence-corrected chi connectivity index (χ0v) is 48.3. The summed E-state index contributed by atoms with van der Waals surface area (Å²) in [5, 5.41) is 34.5. The number of likely N-dealkylation sites (tertiary alicyclic amines) is 3. The number of nitrogens with one attached hydrogen (secondary N) is 2. The molecule has 9 heterocycles. The number of aliphatic hydroxyl groups excluding tert-OH is 1. The summed E-state index contributed by atoms with van der Waals surface area (Å²) in [6.45, 7) is 12.0. The van der Waals surface area contributed by atoms with Crippen molar-refractivity contribution in [3.05, 3.63) is 101 Å². The number of thiazole rings is 1. The van der Waals surface area contributed by atoms with Crippen molar-refractivity contribution in [3.8, 4) is 39.3 Å². The number of anilines is 1. The molecule has 0 spiro atoms. The molecule has 5 saturated heterocycles. The number of piperazine rings is 1.